The lowest BCUT2D eigenvalue weighted by Crippen LogP contribution is -2.74. The molecule has 194 valence electrons. The van der Waals surface area contributed by atoms with Crippen molar-refractivity contribution in [1.29, 1.82) is 0 Å². The summed E-state index contributed by atoms with van der Waals surface area (Å²) in [6, 6.07) is 25.7. The van der Waals surface area contributed by atoms with Crippen LogP contribution in [0.4, 0.5) is 0 Å². The molecule has 9 heteroatoms. The lowest BCUT2D eigenvalue weighted by molar-refractivity contribution is -0.180. The molecule has 0 saturated carbocycles. The van der Waals surface area contributed by atoms with Crippen LogP contribution in [0.5, 0.6) is 0 Å². The number of Topliss-reactive ketones (excluding diaryl/α,β-unsaturated/α-hetero) is 1. The molecule has 3 aromatic carbocycles. The number of likely N-dealkylation sites (tertiary alicyclic amines) is 1. The van der Waals surface area contributed by atoms with Crippen molar-refractivity contribution in [2.24, 2.45) is 0 Å². The third-order valence-corrected chi connectivity index (χ3v) is 6.59. The highest BCUT2D eigenvalue weighted by molar-refractivity contribution is 7.25. The largest absolute Gasteiger partial charge is 0.448 e. The molecule has 0 unspecified atom stereocenters. The van der Waals surface area contributed by atoms with Crippen LogP contribution in [-0.4, -0.2) is 52.3 Å². The number of nitrogens with zero attached hydrogens (tertiary/aromatic N) is 1. The quantitative estimate of drug-likeness (QED) is 0.244. The summed E-state index contributed by atoms with van der Waals surface area (Å²) >= 11 is 0. The molecule has 0 aromatic heterocycles. The Bertz CT molecular complexity index is 1290. The maximum absolute atomic E-state index is 13.3. The van der Waals surface area contributed by atoms with E-state index in [0.29, 0.717) is 5.56 Å². The molecule has 1 N–H and O–H groups in total. The van der Waals surface area contributed by atoms with Gasteiger partial charge in [-0.15, -0.1) is 0 Å². The zero-order valence-electron chi connectivity index (χ0n) is 20.9. The highest BCUT2D eigenvalue weighted by atomic mass is 31.0. The SMILES string of the molecule is CC(=O)[C@H](C)O[C@@H]1[C@@H](NC(=O)c2ccccc2)C(=O)N1C(=P)C(=O)OC(c1ccccc1)c1ccccc1. The second kappa shape index (κ2) is 11.9. The molecule has 1 aliphatic rings. The fourth-order valence-electron chi connectivity index (χ4n) is 3.94. The summed E-state index contributed by atoms with van der Waals surface area (Å²) in [5.41, 5.74) is 1.63. The first kappa shape index (κ1) is 26.9. The van der Waals surface area contributed by atoms with Gasteiger partial charge in [-0.05, 0) is 37.1 Å². The van der Waals surface area contributed by atoms with Gasteiger partial charge in [0.25, 0.3) is 11.8 Å². The van der Waals surface area contributed by atoms with Crippen LogP contribution in [0.1, 0.15) is 41.4 Å². The number of hydrogen-bond donors (Lipinski definition) is 1. The number of esters is 1. The number of ether oxygens (including phenoxy) is 2. The number of rotatable bonds is 10. The fourth-order valence-corrected chi connectivity index (χ4v) is 4.23. The summed E-state index contributed by atoms with van der Waals surface area (Å²) in [6.45, 7) is 2.88. The van der Waals surface area contributed by atoms with Gasteiger partial charge in [0.2, 0.25) is 0 Å². The monoisotopic (exact) mass is 530 g/mol. The topological polar surface area (TPSA) is 102 Å². The summed E-state index contributed by atoms with van der Waals surface area (Å²) in [6.07, 6.45) is -2.73. The number of nitrogens with one attached hydrogen (secondary N) is 1. The van der Waals surface area contributed by atoms with E-state index in [4.69, 9.17) is 9.47 Å². The first-order valence-corrected chi connectivity index (χ1v) is 12.5. The number of hydrogen-bond acceptors (Lipinski definition) is 6. The molecule has 1 saturated heterocycles. The van der Waals surface area contributed by atoms with Crippen LogP contribution in [0.3, 0.4) is 0 Å². The van der Waals surface area contributed by atoms with Gasteiger partial charge in [-0.3, -0.25) is 19.3 Å². The lowest BCUT2D eigenvalue weighted by Gasteiger charge is -2.46. The number of β-lactam (4-membered cyclic amide) rings is 1. The first-order valence-electron chi connectivity index (χ1n) is 12.0. The third kappa shape index (κ3) is 5.88. The van der Waals surface area contributed by atoms with Crippen LogP contribution in [-0.2, 0) is 23.9 Å². The van der Waals surface area contributed by atoms with Crippen molar-refractivity contribution in [3.8, 4) is 0 Å². The Labute approximate surface area is 222 Å². The third-order valence-electron chi connectivity index (χ3n) is 6.15. The van der Waals surface area contributed by atoms with Crippen LogP contribution >= 0.6 is 8.86 Å². The Morgan fingerprint density at radius 1 is 0.868 bits per heavy atom. The maximum atomic E-state index is 13.3. The molecule has 1 fully saturated rings. The number of ketones is 1. The van der Waals surface area contributed by atoms with Gasteiger partial charge < -0.3 is 14.8 Å². The average Bonchev–Trinajstić information content (AvgIpc) is 2.95. The van der Waals surface area contributed by atoms with Crippen LogP contribution < -0.4 is 5.32 Å². The molecule has 1 aliphatic heterocycles. The van der Waals surface area contributed by atoms with E-state index in [0.717, 1.165) is 16.0 Å². The van der Waals surface area contributed by atoms with Crippen molar-refractivity contribution in [3.05, 3.63) is 108 Å². The van der Waals surface area contributed by atoms with E-state index in [9.17, 15) is 19.2 Å². The minimum absolute atomic E-state index is 0.210. The molecule has 8 nitrogen and oxygen atoms in total. The second-order valence-electron chi connectivity index (χ2n) is 8.76. The lowest BCUT2D eigenvalue weighted by atomic mass is 10.0. The Kier molecular flexibility index (Phi) is 8.46. The first-order chi connectivity index (χ1) is 18.3. The van der Waals surface area contributed by atoms with Crippen molar-refractivity contribution >= 4 is 37.8 Å². The minimum Gasteiger partial charge on any atom is -0.448 e. The predicted molar refractivity (Wildman–Crippen MR) is 144 cm³/mol. The Morgan fingerprint density at radius 2 is 1.37 bits per heavy atom. The zero-order chi connectivity index (χ0) is 27.2. The van der Waals surface area contributed by atoms with E-state index in [1.165, 1.54) is 13.8 Å². The number of benzene rings is 3. The van der Waals surface area contributed by atoms with E-state index < -0.39 is 42.3 Å². The minimum atomic E-state index is -1.11. The highest BCUT2D eigenvalue weighted by Gasteiger charge is 2.53. The van der Waals surface area contributed by atoms with Gasteiger partial charge in [-0.1, -0.05) is 87.7 Å². The van der Waals surface area contributed by atoms with Gasteiger partial charge in [0.05, 0.1) is 0 Å². The molecule has 0 bridgehead atoms. The van der Waals surface area contributed by atoms with Crippen molar-refractivity contribution in [1.82, 2.24) is 10.2 Å². The van der Waals surface area contributed by atoms with Gasteiger partial charge >= 0.3 is 5.97 Å². The van der Waals surface area contributed by atoms with Crippen molar-refractivity contribution < 1.29 is 28.7 Å². The van der Waals surface area contributed by atoms with Gasteiger partial charge in [-0.25, -0.2) is 4.79 Å². The summed E-state index contributed by atoms with van der Waals surface area (Å²) in [5.74, 6) is -2.17. The molecule has 3 aromatic rings. The Balaban J connectivity index is 1.55. The highest BCUT2D eigenvalue weighted by Crippen LogP contribution is 2.29. The summed E-state index contributed by atoms with van der Waals surface area (Å²) in [5, 5.41) is 2.64. The van der Waals surface area contributed by atoms with Crippen molar-refractivity contribution in [2.75, 3.05) is 0 Å². The van der Waals surface area contributed by atoms with E-state index in [-0.39, 0.29) is 11.2 Å². The predicted octanol–water partition coefficient (Wildman–Crippen LogP) is 3.55. The molecule has 0 spiro atoms. The molecule has 1 heterocycles. The number of carbonyl (C=O) groups is 4. The molecular formula is C29H27N2O6P. The van der Waals surface area contributed by atoms with Gasteiger partial charge in [0.1, 0.15) is 6.10 Å². The molecule has 38 heavy (non-hydrogen) atoms. The average molecular weight is 531 g/mol. The summed E-state index contributed by atoms with van der Waals surface area (Å²) < 4.78 is 11.7. The van der Waals surface area contributed by atoms with Gasteiger partial charge in [0.15, 0.2) is 29.6 Å². The number of carbonyl (C=O) groups excluding carboxylic acids is 4. The van der Waals surface area contributed by atoms with E-state index in [1.54, 1.807) is 30.3 Å². The van der Waals surface area contributed by atoms with Gasteiger partial charge in [0, 0.05) is 5.56 Å². The van der Waals surface area contributed by atoms with Crippen molar-refractivity contribution in [2.45, 2.75) is 38.3 Å². The smallest absolute Gasteiger partial charge is 0.360 e. The molecule has 2 amide bonds. The van der Waals surface area contributed by atoms with Crippen LogP contribution in [0.2, 0.25) is 0 Å². The van der Waals surface area contributed by atoms with Crippen molar-refractivity contribution in [3.63, 3.8) is 0 Å². The van der Waals surface area contributed by atoms with Crippen LogP contribution in [0.25, 0.3) is 0 Å². The standard InChI is InChI=1S/C29H27N2O6P/c1-18(32)19(2)36-27-23(30-25(33)22-16-10-5-11-17-22)26(34)31(27)28(38)29(35)37-24(20-12-6-3-7-13-20)21-14-8-4-9-15-21/h3-17,19,23-24,27,38H,1-2H3,(H,30,33)/t19-,23-,27+/m0/s1. The number of amides is 2. The van der Waals surface area contributed by atoms with Gasteiger partial charge in [-0.2, -0.15) is 0 Å². The molecular weight excluding hydrogens is 503 g/mol. The fraction of sp³-hybridized carbons (Fsp3) is 0.207. The Morgan fingerprint density at radius 3 is 1.87 bits per heavy atom. The molecule has 0 radical (unpaired) electrons. The summed E-state index contributed by atoms with van der Waals surface area (Å²) in [7, 11) is 3.27. The van der Waals surface area contributed by atoms with Crippen LogP contribution in [0, 0.1) is 0 Å². The summed E-state index contributed by atoms with van der Waals surface area (Å²) in [4.78, 5) is 52.1. The normalized spacial score (nSPS) is 17.3. The second-order valence-corrected chi connectivity index (χ2v) is 9.23. The Hall–Kier alpha value is -4.13. The van der Waals surface area contributed by atoms with E-state index >= 15 is 0 Å². The van der Waals surface area contributed by atoms with E-state index in [2.05, 4.69) is 14.2 Å². The molecule has 0 aliphatic carbocycles. The molecule has 4 rings (SSSR count). The maximum Gasteiger partial charge on any atom is 0.360 e. The van der Waals surface area contributed by atoms with E-state index in [1.807, 2.05) is 60.7 Å². The zero-order valence-corrected chi connectivity index (χ0v) is 21.9. The molecule has 3 atom stereocenters. The van der Waals surface area contributed by atoms with Crippen LogP contribution in [0.15, 0.2) is 91.0 Å².